The zero-order chi connectivity index (χ0) is 12.8. The zero-order valence-corrected chi connectivity index (χ0v) is 11.2. The first-order valence-electron chi connectivity index (χ1n) is 6.36. The third kappa shape index (κ3) is 3.75. The number of hydrogen-bond acceptors (Lipinski definition) is 3. The number of hydrogen-bond donors (Lipinski definition) is 1. The van der Waals surface area contributed by atoms with E-state index >= 15 is 0 Å². The van der Waals surface area contributed by atoms with Gasteiger partial charge in [0.2, 0.25) is 5.91 Å². The number of likely N-dealkylation sites (tertiary alicyclic amines) is 1. The Morgan fingerprint density at radius 1 is 1.39 bits per heavy atom. The van der Waals surface area contributed by atoms with Gasteiger partial charge in [0.25, 0.3) is 0 Å². The van der Waals surface area contributed by atoms with E-state index < -0.39 is 0 Å². The molecule has 1 saturated heterocycles. The van der Waals surface area contributed by atoms with Crippen LogP contribution in [-0.2, 0) is 4.79 Å². The monoisotopic (exact) mass is 265 g/mol. The van der Waals surface area contributed by atoms with E-state index in [1.54, 1.807) is 11.8 Å². The van der Waals surface area contributed by atoms with Gasteiger partial charge in [-0.2, -0.15) is 0 Å². The molecule has 0 bridgehead atoms. The minimum Gasteiger partial charge on any atom is -0.396 e. The zero-order valence-electron chi connectivity index (χ0n) is 10.4. The SMILES string of the molecule is O=C(CCSc1ccccc1)N1CCC(CO)C1. The summed E-state index contributed by atoms with van der Waals surface area (Å²) in [6, 6.07) is 10.1. The van der Waals surface area contributed by atoms with E-state index in [1.807, 2.05) is 23.1 Å². The lowest BCUT2D eigenvalue weighted by molar-refractivity contribution is -0.129. The molecule has 2 rings (SSSR count). The molecule has 0 spiro atoms. The van der Waals surface area contributed by atoms with E-state index in [0.717, 1.165) is 25.3 Å². The molecule has 1 atom stereocenters. The van der Waals surface area contributed by atoms with Gasteiger partial charge in [0.05, 0.1) is 0 Å². The summed E-state index contributed by atoms with van der Waals surface area (Å²) >= 11 is 1.72. The summed E-state index contributed by atoms with van der Waals surface area (Å²) in [6.45, 7) is 1.73. The number of aliphatic hydroxyl groups excluding tert-OH is 1. The number of rotatable bonds is 5. The summed E-state index contributed by atoms with van der Waals surface area (Å²) in [6.07, 6.45) is 1.52. The molecule has 0 radical (unpaired) electrons. The van der Waals surface area contributed by atoms with Crippen molar-refractivity contribution in [2.45, 2.75) is 17.7 Å². The molecule has 1 heterocycles. The predicted molar refractivity (Wildman–Crippen MR) is 73.6 cm³/mol. The molecule has 18 heavy (non-hydrogen) atoms. The van der Waals surface area contributed by atoms with Gasteiger partial charge in [-0.1, -0.05) is 18.2 Å². The highest BCUT2D eigenvalue weighted by Gasteiger charge is 2.24. The second kappa shape index (κ2) is 6.81. The van der Waals surface area contributed by atoms with Crippen molar-refractivity contribution < 1.29 is 9.90 Å². The van der Waals surface area contributed by atoms with Gasteiger partial charge in [0.1, 0.15) is 0 Å². The van der Waals surface area contributed by atoms with Crippen LogP contribution in [0.1, 0.15) is 12.8 Å². The van der Waals surface area contributed by atoms with Gasteiger partial charge in [-0.3, -0.25) is 4.79 Å². The Hall–Kier alpha value is -1.00. The van der Waals surface area contributed by atoms with E-state index in [-0.39, 0.29) is 18.4 Å². The van der Waals surface area contributed by atoms with E-state index in [0.29, 0.717) is 6.42 Å². The smallest absolute Gasteiger partial charge is 0.223 e. The molecule has 0 aliphatic carbocycles. The quantitative estimate of drug-likeness (QED) is 0.828. The topological polar surface area (TPSA) is 40.5 Å². The maximum absolute atomic E-state index is 11.9. The highest BCUT2D eigenvalue weighted by atomic mass is 32.2. The first-order valence-corrected chi connectivity index (χ1v) is 7.34. The minimum absolute atomic E-state index is 0.197. The Bertz CT molecular complexity index is 383. The van der Waals surface area contributed by atoms with Crippen molar-refractivity contribution in [3.05, 3.63) is 30.3 Å². The molecule has 0 aromatic heterocycles. The largest absolute Gasteiger partial charge is 0.396 e. The van der Waals surface area contributed by atoms with Crippen LogP contribution >= 0.6 is 11.8 Å². The number of benzene rings is 1. The molecule has 1 amide bonds. The summed E-state index contributed by atoms with van der Waals surface area (Å²) in [5.74, 6) is 1.33. The lowest BCUT2D eigenvalue weighted by Crippen LogP contribution is -2.29. The van der Waals surface area contributed by atoms with Crippen molar-refractivity contribution in [1.29, 1.82) is 0 Å². The third-order valence-corrected chi connectivity index (χ3v) is 4.24. The van der Waals surface area contributed by atoms with Crippen LogP contribution in [0.5, 0.6) is 0 Å². The Labute approximate surface area is 112 Å². The molecular formula is C14H19NO2S. The molecule has 1 aromatic carbocycles. The molecule has 4 heteroatoms. The van der Waals surface area contributed by atoms with Crippen molar-refractivity contribution in [2.24, 2.45) is 5.92 Å². The fraction of sp³-hybridized carbons (Fsp3) is 0.500. The fourth-order valence-electron chi connectivity index (χ4n) is 2.14. The van der Waals surface area contributed by atoms with Crippen LogP contribution in [0.3, 0.4) is 0 Å². The third-order valence-electron chi connectivity index (χ3n) is 3.22. The summed E-state index contributed by atoms with van der Waals surface area (Å²) in [7, 11) is 0. The lowest BCUT2D eigenvalue weighted by Gasteiger charge is -2.15. The molecule has 1 aliphatic rings. The van der Waals surface area contributed by atoms with Crippen LogP contribution in [0.2, 0.25) is 0 Å². The first kappa shape index (κ1) is 13.4. The van der Waals surface area contributed by atoms with E-state index in [9.17, 15) is 4.79 Å². The highest BCUT2D eigenvalue weighted by molar-refractivity contribution is 7.99. The summed E-state index contributed by atoms with van der Waals surface area (Å²) in [4.78, 5) is 15.0. The van der Waals surface area contributed by atoms with E-state index in [2.05, 4.69) is 12.1 Å². The average Bonchev–Trinajstić information content (AvgIpc) is 2.89. The fourth-order valence-corrected chi connectivity index (χ4v) is 3.00. The number of amides is 1. The Balaban J connectivity index is 1.69. The Morgan fingerprint density at radius 3 is 2.83 bits per heavy atom. The molecule has 3 nitrogen and oxygen atoms in total. The second-order valence-electron chi connectivity index (χ2n) is 4.59. The van der Waals surface area contributed by atoms with Crippen molar-refractivity contribution in [2.75, 3.05) is 25.4 Å². The van der Waals surface area contributed by atoms with Crippen molar-refractivity contribution in [1.82, 2.24) is 4.90 Å². The molecule has 1 N–H and O–H groups in total. The molecule has 1 aromatic rings. The first-order chi connectivity index (χ1) is 8.79. The van der Waals surface area contributed by atoms with Gasteiger partial charge in [0.15, 0.2) is 0 Å². The number of carbonyl (C=O) groups excluding carboxylic acids is 1. The number of thioether (sulfide) groups is 1. The van der Waals surface area contributed by atoms with Gasteiger partial charge >= 0.3 is 0 Å². The normalized spacial score (nSPS) is 19.2. The van der Waals surface area contributed by atoms with Gasteiger partial charge in [-0.15, -0.1) is 11.8 Å². The Morgan fingerprint density at radius 2 is 2.17 bits per heavy atom. The maximum atomic E-state index is 11.9. The van der Waals surface area contributed by atoms with E-state index in [1.165, 1.54) is 4.90 Å². The van der Waals surface area contributed by atoms with Crippen LogP contribution in [0.4, 0.5) is 0 Å². The second-order valence-corrected chi connectivity index (χ2v) is 5.76. The van der Waals surface area contributed by atoms with Crippen LogP contribution < -0.4 is 0 Å². The predicted octanol–water partition coefficient (Wildman–Crippen LogP) is 2.01. The van der Waals surface area contributed by atoms with Crippen LogP contribution in [0.25, 0.3) is 0 Å². The molecule has 0 saturated carbocycles. The molecule has 98 valence electrons. The average molecular weight is 265 g/mol. The van der Waals surface area contributed by atoms with Crippen LogP contribution in [0.15, 0.2) is 35.2 Å². The van der Waals surface area contributed by atoms with Gasteiger partial charge in [-0.25, -0.2) is 0 Å². The number of nitrogens with zero attached hydrogens (tertiary/aromatic N) is 1. The molecular weight excluding hydrogens is 246 g/mol. The standard InChI is InChI=1S/C14H19NO2S/c16-11-12-6-8-15(10-12)14(17)7-9-18-13-4-2-1-3-5-13/h1-5,12,16H,6-11H2. The van der Waals surface area contributed by atoms with Crippen LogP contribution in [-0.4, -0.2) is 41.4 Å². The van der Waals surface area contributed by atoms with Crippen LogP contribution in [0, 0.1) is 5.92 Å². The summed E-state index contributed by atoms with van der Waals surface area (Å²) < 4.78 is 0. The summed E-state index contributed by atoms with van der Waals surface area (Å²) in [5.41, 5.74) is 0. The van der Waals surface area contributed by atoms with Gasteiger partial charge in [-0.05, 0) is 18.6 Å². The van der Waals surface area contributed by atoms with Crippen molar-refractivity contribution >= 4 is 17.7 Å². The lowest BCUT2D eigenvalue weighted by atomic mass is 10.1. The van der Waals surface area contributed by atoms with Gasteiger partial charge in [0, 0.05) is 42.7 Å². The van der Waals surface area contributed by atoms with Crippen molar-refractivity contribution in [3.63, 3.8) is 0 Å². The van der Waals surface area contributed by atoms with Crippen molar-refractivity contribution in [3.8, 4) is 0 Å². The minimum atomic E-state index is 0.197. The van der Waals surface area contributed by atoms with Gasteiger partial charge < -0.3 is 10.0 Å². The molecule has 1 unspecified atom stereocenters. The highest BCUT2D eigenvalue weighted by Crippen LogP contribution is 2.20. The maximum Gasteiger partial charge on any atom is 0.223 e. The molecule has 1 aliphatic heterocycles. The number of carbonyl (C=O) groups is 1. The Kier molecular flexibility index (Phi) is 5.08. The summed E-state index contributed by atoms with van der Waals surface area (Å²) in [5, 5.41) is 9.05. The number of aliphatic hydroxyl groups is 1. The molecule has 1 fully saturated rings. The van der Waals surface area contributed by atoms with E-state index in [4.69, 9.17) is 5.11 Å².